The molecule has 5 heteroatoms. The molecule has 0 unspecified atom stereocenters. The zero-order valence-electron chi connectivity index (χ0n) is 9.47. The zero-order valence-corrected chi connectivity index (χ0v) is 12.4. The Morgan fingerprint density at radius 2 is 2.11 bits per heavy atom. The molecule has 1 atom stereocenters. The molecular weight excluding hydrogens is 361 g/mol. The molecule has 0 saturated carbocycles. The van der Waals surface area contributed by atoms with E-state index in [1.807, 2.05) is 41.8 Å². The Morgan fingerprint density at radius 1 is 1.39 bits per heavy atom. The Balaban J connectivity index is 2.10. The average Bonchev–Trinajstić information content (AvgIpc) is 2.83. The highest BCUT2D eigenvalue weighted by Gasteiger charge is 2.15. The fourth-order valence-electron chi connectivity index (χ4n) is 1.59. The first-order valence-electron chi connectivity index (χ1n) is 5.41. The molecule has 94 valence electrons. The Hall–Kier alpha value is -0.920. The minimum atomic E-state index is -0.365. The maximum atomic E-state index is 12.0. The Morgan fingerprint density at radius 3 is 2.67 bits per heavy atom. The summed E-state index contributed by atoms with van der Waals surface area (Å²) in [6.45, 7) is -0.114. The van der Waals surface area contributed by atoms with Gasteiger partial charge in [-0.2, -0.15) is 0 Å². The molecule has 0 radical (unpaired) electrons. The van der Waals surface area contributed by atoms with Gasteiger partial charge in [0.05, 0.1) is 21.1 Å². The fourth-order valence-corrected chi connectivity index (χ4v) is 2.92. The summed E-state index contributed by atoms with van der Waals surface area (Å²) in [6.07, 6.45) is 0. The molecule has 0 spiro atoms. The van der Waals surface area contributed by atoms with Crippen molar-refractivity contribution in [3.8, 4) is 0 Å². The van der Waals surface area contributed by atoms with Gasteiger partial charge in [0.25, 0.3) is 5.91 Å². The van der Waals surface area contributed by atoms with Gasteiger partial charge < -0.3 is 10.4 Å². The molecular formula is C13H12INO2S. The van der Waals surface area contributed by atoms with Gasteiger partial charge in [-0.25, -0.2) is 0 Å². The number of hydrogen-bond acceptors (Lipinski definition) is 3. The second kappa shape index (κ2) is 6.31. The van der Waals surface area contributed by atoms with Crippen molar-refractivity contribution >= 4 is 39.8 Å². The predicted molar refractivity (Wildman–Crippen MR) is 80.8 cm³/mol. The molecule has 3 nitrogen and oxygen atoms in total. The maximum absolute atomic E-state index is 12.0. The minimum Gasteiger partial charge on any atom is -0.394 e. The van der Waals surface area contributed by atoms with Crippen molar-refractivity contribution in [1.29, 1.82) is 0 Å². The second-order valence-electron chi connectivity index (χ2n) is 3.76. The normalized spacial score (nSPS) is 12.1. The van der Waals surface area contributed by atoms with Crippen LogP contribution in [0.4, 0.5) is 0 Å². The summed E-state index contributed by atoms with van der Waals surface area (Å²) >= 11 is 3.70. The molecule has 2 rings (SSSR count). The van der Waals surface area contributed by atoms with Crippen LogP contribution in [0.2, 0.25) is 0 Å². The van der Waals surface area contributed by atoms with Crippen LogP contribution in [0.25, 0.3) is 0 Å². The molecule has 2 N–H and O–H groups in total. The summed E-state index contributed by atoms with van der Waals surface area (Å²) in [4.78, 5) is 12.0. The van der Waals surface area contributed by atoms with Gasteiger partial charge in [-0.3, -0.25) is 4.79 Å². The number of thiophene rings is 1. The van der Waals surface area contributed by atoms with E-state index in [1.165, 1.54) is 11.3 Å². The van der Waals surface area contributed by atoms with Crippen LogP contribution < -0.4 is 5.32 Å². The van der Waals surface area contributed by atoms with Crippen LogP contribution in [-0.4, -0.2) is 17.6 Å². The summed E-state index contributed by atoms with van der Waals surface area (Å²) < 4.78 is 1.07. The number of hydrogen-bond donors (Lipinski definition) is 2. The number of carbonyl (C=O) groups excluding carboxylic acids is 1. The van der Waals surface area contributed by atoms with Crippen molar-refractivity contribution in [1.82, 2.24) is 5.32 Å². The molecule has 1 aromatic carbocycles. The lowest BCUT2D eigenvalue weighted by Crippen LogP contribution is -2.30. The largest absolute Gasteiger partial charge is 0.394 e. The SMILES string of the molecule is O=C(N[C@@H](CO)c1ccccc1)c1csc(I)c1. The highest BCUT2D eigenvalue weighted by Crippen LogP contribution is 2.18. The molecule has 1 aromatic heterocycles. The number of carbonyl (C=O) groups is 1. The molecule has 0 saturated heterocycles. The van der Waals surface area contributed by atoms with Gasteiger partial charge in [-0.05, 0) is 34.2 Å². The van der Waals surface area contributed by atoms with Crippen LogP contribution >= 0.6 is 33.9 Å². The van der Waals surface area contributed by atoms with Crippen LogP contribution in [0, 0.1) is 2.88 Å². The smallest absolute Gasteiger partial charge is 0.252 e. The summed E-state index contributed by atoms with van der Waals surface area (Å²) in [6, 6.07) is 10.9. The van der Waals surface area contributed by atoms with E-state index < -0.39 is 0 Å². The third kappa shape index (κ3) is 3.30. The zero-order chi connectivity index (χ0) is 13.0. The van der Waals surface area contributed by atoms with Crippen LogP contribution in [-0.2, 0) is 0 Å². The number of halogens is 1. The number of benzene rings is 1. The van der Waals surface area contributed by atoms with E-state index in [2.05, 4.69) is 27.9 Å². The lowest BCUT2D eigenvalue weighted by molar-refractivity contribution is 0.0916. The van der Waals surface area contributed by atoms with Crippen molar-refractivity contribution in [2.75, 3.05) is 6.61 Å². The van der Waals surface area contributed by atoms with Gasteiger partial charge >= 0.3 is 0 Å². The van der Waals surface area contributed by atoms with Gasteiger partial charge in [0, 0.05) is 5.38 Å². The summed E-state index contributed by atoms with van der Waals surface area (Å²) in [5, 5.41) is 14.0. The quantitative estimate of drug-likeness (QED) is 0.810. The fraction of sp³-hybridized carbons (Fsp3) is 0.154. The van der Waals surface area contributed by atoms with E-state index >= 15 is 0 Å². The first-order chi connectivity index (χ1) is 8.70. The van der Waals surface area contributed by atoms with Crippen LogP contribution in [0.3, 0.4) is 0 Å². The van der Waals surface area contributed by atoms with Crippen molar-refractivity contribution < 1.29 is 9.90 Å². The number of amides is 1. The molecule has 0 aliphatic heterocycles. The first-order valence-corrected chi connectivity index (χ1v) is 7.37. The van der Waals surface area contributed by atoms with Gasteiger partial charge in [0.1, 0.15) is 0 Å². The molecule has 0 aliphatic carbocycles. The minimum absolute atomic E-state index is 0.114. The van der Waals surface area contributed by atoms with E-state index in [-0.39, 0.29) is 18.6 Å². The van der Waals surface area contributed by atoms with Gasteiger partial charge in [0.15, 0.2) is 0 Å². The molecule has 0 bridgehead atoms. The van der Waals surface area contributed by atoms with Crippen molar-refractivity contribution in [2.45, 2.75) is 6.04 Å². The van der Waals surface area contributed by atoms with E-state index in [4.69, 9.17) is 0 Å². The molecule has 1 heterocycles. The molecule has 18 heavy (non-hydrogen) atoms. The number of rotatable bonds is 4. The van der Waals surface area contributed by atoms with Crippen molar-refractivity contribution in [3.05, 3.63) is 55.8 Å². The van der Waals surface area contributed by atoms with Gasteiger partial charge in [-0.1, -0.05) is 30.3 Å². The summed E-state index contributed by atoms with van der Waals surface area (Å²) in [5.74, 6) is -0.155. The maximum Gasteiger partial charge on any atom is 0.252 e. The number of nitrogens with one attached hydrogen (secondary N) is 1. The van der Waals surface area contributed by atoms with Gasteiger partial charge in [-0.15, -0.1) is 11.3 Å². The Kier molecular flexibility index (Phi) is 4.73. The highest BCUT2D eigenvalue weighted by atomic mass is 127. The number of aliphatic hydroxyl groups excluding tert-OH is 1. The van der Waals surface area contributed by atoms with Crippen molar-refractivity contribution in [2.24, 2.45) is 0 Å². The summed E-state index contributed by atoms with van der Waals surface area (Å²) in [7, 11) is 0. The molecule has 0 fully saturated rings. The molecule has 0 aliphatic rings. The third-order valence-electron chi connectivity index (χ3n) is 2.52. The number of aliphatic hydroxyl groups is 1. The molecule has 2 aromatic rings. The lowest BCUT2D eigenvalue weighted by Gasteiger charge is -2.16. The third-order valence-corrected chi connectivity index (χ3v) is 4.31. The van der Waals surface area contributed by atoms with Crippen LogP contribution in [0.1, 0.15) is 22.0 Å². The topological polar surface area (TPSA) is 49.3 Å². The van der Waals surface area contributed by atoms with Crippen molar-refractivity contribution in [3.63, 3.8) is 0 Å². The van der Waals surface area contributed by atoms with E-state index in [1.54, 1.807) is 0 Å². The van der Waals surface area contributed by atoms with Crippen LogP contribution in [0.5, 0.6) is 0 Å². The Bertz CT molecular complexity index is 527. The second-order valence-corrected chi connectivity index (χ2v) is 6.56. The first kappa shape index (κ1) is 13.5. The lowest BCUT2D eigenvalue weighted by atomic mass is 10.1. The van der Waals surface area contributed by atoms with E-state index in [9.17, 15) is 9.90 Å². The monoisotopic (exact) mass is 373 g/mol. The highest BCUT2D eigenvalue weighted by molar-refractivity contribution is 14.1. The predicted octanol–water partition coefficient (Wildman–Crippen LogP) is 2.82. The van der Waals surface area contributed by atoms with E-state index in [0.29, 0.717) is 5.56 Å². The van der Waals surface area contributed by atoms with Gasteiger partial charge in [0.2, 0.25) is 0 Å². The molecule has 1 amide bonds. The Labute approximate surface area is 123 Å². The average molecular weight is 373 g/mol. The summed E-state index contributed by atoms with van der Waals surface area (Å²) in [5.41, 5.74) is 1.54. The van der Waals surface area contributed by atoms with E-state index in [0.717, 1.165) is 8.45 Å². The van der Waals surface area contributed by atoms with Crippen LogP contribution in [0.15, 0.2) is 41.8 Å². The standard InChI is InChI=1S/C13H12INO2S/c14-12-6-10(8-18-12)13(17)15-11(7-16)9-4-2-1-3-5-9/h1-6,8,11,16H,7H2,(H,15,17)/t11-/m0/s1.